The number of hydrogen-bond acceptors (Lipinski definition) is 5. The number of rotatable bonds is 12. The van der Waals surface area contributed by atoms with Crippen LogP contribution in [0.15, 0.2) is 60.7 Å². The van der Waals surface area contributed by atoms with E-state index in [0.29, 0.717) is 45.2 Å². The third kappa shape index (κ3) is 6.86. The SMILES string of the molecule is CN1CCC(=O)C(CCOCCOCCO[Si](c2ccccc2)(c2ccccc2)C(C)(C)C)C1. The molecule has 0 N–H and O–H groups in total. The highest BCUT2D eigenvalue weighted by Crippen LogP contribution is 2.36. The number of piperidine rings is 1. The van der Waals surface area contributed by atoms with Gasteiger partial charge in [0.15, 0.2) is 0 Å². The van der Waals surface area contributed by atoms with Gasteiger partial charge in [0.05, 0.1) is 26.4 Å². The van der Waals surface area contributed by atoms with E-state index in [2.05, 4.69) is 93.4 Å². The van der Waals surface area contributed by atoms with E-state index >= 15 is 0 Å². The summed E-state index contributed by atoms with van der Waals surface area (Å²) < 4.78 is 18.4. The van der Waals surface area contributed by atoms with E-state index in [1.807, 2.05) is 0 Å². The Bertz CT molecular complexity index is 829. The molecule has 34 heavy (non-hydrogen) atoms. The lowest BCUT2D eigenvalue weighted by molar-refractivity contribution is -0.126. The molecule has 2 aromatic rings. The Morgan fingerprint density at radius 2 is 1.38 bits per heavy atom. The summed E-state index contributed by atoms with van der Waals surface area (Å²) in [6.45, 7) is 11.3. The van der Waals surface area contributed by atoms with Gasteiger partial charge in [-0.05, 0) is 28.9 Å². The number of ketones is 1. The first-order chi connectivity index (χ1) is 16.3. The number of nitrogens with zero attached hydrogens (tertiary/aromatic N) is 1. The van der Waals surface area contributed by atoms with Crippen LogP contribution in [0.3, 0.4) is 0 Å². The lowest BCUT2D eigenvalue weighted by atomic mass is 9.94. The largest absolute Gasteiger partial charge is 0.405 e. The molecule has 0 spiro atoms. The van der Waals surface area contributed by atoms with Crippen LogP contribution >= 0.6 is 0 Å². The number of ether oxygens (including phenoxy) is 2. The first-order valence-electron chi connectivity index (χ1n) is 12.5. The summed E-state index contributed by atoms with van der Waals surface area (Å²) in [7, 11) is -0.437. The molecule has 1 atom stereocenters. The number of carbonyl (C=O) groups is 1. The van der Waals surface area contributed by atoms with E-state index in [1.54, 1.807) is 0 Å². The van der Waals surface area contributed by atoms with E-state index in [1.165, 1.54) is 10.4 Å². The van der Waals surface area contributed by atoms with Crippen LogP contribution in [0.4, 0.5) is 0 Å². The zero-order chi connectivity index (χ0) is 24.4. The predicted molar refractivity (Wildman–Crippen MR) is 140 cm³/mol. The summed E-state index contributed by atoms with van der Waals surface area (Å²) in [5.41, 5.74) is 0. The fourth-order valence-electron chi connectivity index (χ4n) is 4.89. The number of benzene rings is 2. The molecule has 0 saturated carbocycles. The summed E-state index contributed by atoms with van der Waals surface area (Å²) in [5, 5.41) is 2.52. The highest BCUT2D eigenvalue weighted by Gasteiger charge is 2.49. The smallest absolute Gasteiger partial charge is 0.261 e. The van der Waals surface area contributed by atoms with Crippen molar-refractivity contribution in [3.05, 3.63) is 60.7 Å². The minimum atomic E-state index is -2.51. The Labute approximate surface area is 206 Å². The minimum Gasteiger partial charge on any atom is -0.405 e. The lowest BCUT2D eigenvalue weighted by Gasteiger charge is -2.43. The molecule has 186 valence electrons. The van der Waals surface area contributed by atoms with Crippen molar-refractivity contribution >= 4 is 24.5 Å². The van der Waals surface area contributed by atoms with Gasteiger partial charge in [-0.15, -0.1) is 0 Å². The minimum absolute atomic E-state index is 0.0383. The molecule has 1 unspecified atom stereocenters. The van der Waals surface area contributed by atoms with E-state index in [0.717, 1.165) is 19.5 Å². The summed E-state index contributed by atoms with van der Waals surface area (Å²) in [6, 6.07) is 21.3. The van der Waals surface area contributed by atoms with Gasteiger partial charge in [-0.25, -0.2) is 0 Å². The van der Waals surface area contributed by atoms with Crippen molar-refractivity contribution in [1.29, 1.82) is 0 Å². The van der Waals surface area contributed by atoms with E-state index < -0.39 is 8.32 Å². The van der Waals surface area contributed by atoms with Crippen molar-refractivity contribution in [2.75, 3.05) is 53.2 Å². The molecular weight excluding hydrogens is 442 g/mol. The zero-order valence-corrected chi connectivity index (χ0v) is 22.3. The van der Waals surface area contributed by atoms with Crippen LogP contribution in [0.5, 0.6) is 0 Å². The molecule has 0 aliphatic carbocycles. The summed E-state index contributed by atoms with van der Waals surface area (Å²) in [5.74, 6) is 0.484. The normalized spacial score (nSPS) is 17.8. The predicted octanol–water partition coefficient (Wildman–Crippen LogP) is 3.51. The summed E-state index contributed by atoms with van der Waals surface area (Å²) in [6.07, 6.45) is 1.45. The van der Waals surface area contributed by atoms with Gasteiger partial charge < -0.3 is 18.8 Å². The van der Waals surface area contributed by atoms with E-state index in [4.69, 9.17) is 13.9 Å². The van der Waals surface area contributed by atoms with Crippen LogP contribution in [-0.4, -0.2) is 72.2 Å². The molecule has 0 aromatic heterocycles. The Hall–Kier alpha value is -1.83. The van der Waals surface area contributed by atoms with E-state index in [9.17, 15) is 4.79 Å². The molecule has 1 heterocycles. The molecule has 1 aliphatic rings. The number of carbonyl (C=O) groups excluding carboxylic acids is 1. The lowest BCUT2D eigenvalue weighted by Crippen LogP contribution is -2.66. The molecule has 3 rings (SSSR count). The number of Topliss-reactive ketones (excluding diaryl/α,β-unsaturated/α-hetero) is 1. The van der Waals surface area contributed by atoms with Crippen LogP contribution in [0.2, 0.25) is 5.04 Å². The second-order valence-corrected chi connectivity index (χ2v) is 14.5. The van der Waals surface area contributed by atoms with Crippen LogP contribution < -0.4 is 10.4 Å². The maximum Gasteiger partial charge on any atom is 0.261 e. The topological polar surface area (TPSA) is 48.0 Å². The monoisotopic (exact) mass is 483 g/mol. The quantitative estimate of drug-likeness (QED) is 0.342. The van der Waals surface area contributed by atoms with Gasteiger partial charge in [0.2, 0.25) is 0 Å². The van der Waals surface area contributed by atoms with Crippen molar-refractivity contribution in [1.82, 2.24) is 4.90 Å². The fourth-order valence-corrected chi connectivity index (χ4v) is 9.43. The molecule has 2 aromatic carbocycles. The second kappa shape index (κ2) is 12.7. The molecule has 1 saturated heterocycles. The van der Waals surface area contributed by atoms with Crippen molar-refractivity contribution < 1.29 is 18.7 Å². The molecule has 0 amide bonds. The molecule has 6 heteroatoms. The highest BCUT2D eigenvalue weighted by molar-refractivity contribution is 6.99. The Morgan fingerprint density at radius 1 is 0.853 bits per heavy atom. The maximum absolute atomic E-state index is 12.0. The standard InChI is InChI=1S/C28H41NO4Si/c1-28(2,3)34(25-11-7-5-8-12-25,26-13-9-6-10-14-26)33-22-21-32-20-19-31-18-16-24-23-29(4)17-15-27(24)30/h5-14,24H,15-23H2,1-4H3. The van der Waals surface area contributed by atoms with Gasteiger partial charge in [0.1, 0.15) is 5.78 Å². The average molecular weight is 484 g/mol. The number of likely N-dealkylation sites (tertiary alicyclic amines) is 1. The molecule has 0 bridgehead atoms. The van der Waals surface area contributed by atoms with Crippen molar-refractivity contribution in [2.24, 2.45) is 5.92 Å². The van der Waals surface area contributed by atoms with E-state index in [-0.39, 0.29) is 11.0 Å². The highest BCUT2D eigenvalue weighted by atomic mass is 28.4. The maximum atomic E-state index is 12.0. The van der Waals surface area contributed by atoms with Gasteiger partial charge in [-0.1, -0.05) is 81.4 Å². The van der Waals surface area contributed by atoms with Gasteiger partial charge in [0.25, 0.3) is 8.32 Å². The first-order valence-corrected chi connectivity index (χ1v) is 14.4. The Morgan fingerprint density at radius 3 is 1.94 bits per heavy atom. The van der Waals surface area contributed by atoms with Crippen LogP contribution in [0, 0.1) is 5.92 Å². The van der Waals surface area contributed by atoms with Crippen LogP contribution in [0.25, 0.3) is 0 Å². The average Bonchev–Trinajstić information content (AvgIpc) is 2.83. The van der Waals surface area contributed by atoms with Crippen molar-refractivity contribution in [3.8, 4) is 0 Å². The molecule has 1 fully saturated rings. The number of hydrogen-bond donors (Lipinski definition) is 0. The van der Waals surface area contributed by atoms with Gasteiger partial charge in [-0.2, -0.15) is 0 Å². The van der Waals surface area contributed by atoms with Crippen molar-refractivity contribution in [3.63, 3.8) is 0 Å². The zero-order valence-electron chi connectivity index (χ0n) is 21.3. The Balaban J connectivity index is 1.47. The third-order valence-electron chi connectivity index (χ3n) is 6.67. The molecule has 0 radical (unpaired) electrons. The van der Waals surface area contributed by atoms with Gasteiger partial charge in [-0.3, -0.25) is 4.79 Å². The Kier molecular flexibility index (Phi) is 10.0. The van der Waals surface area contributed by atoms with Gasteiger partial charge >= 0.3 is 0 Å². The van der Waals surface area contributed by atoms with Crippen LogP contribution in [-0.2, 0) is 18.7 Å². The molecule has 5 nitrogen and oxygen atoms in total. The second-order valence-electron chi connectivity index (χ2n) is 10.2. The summed E-state index contributed by atoms with van der Waals surface area (Å²) >= 11 is 0. The fraction of sp³-hybridized carbons (Fsp3) is 0.536. The van der Waals surface area contributed by atoms with Crippen LogP contribution in [0.1, 0.15) is 33.6 Å². The summed E-state index contributed by atoms with van der Waals surface area (Å²) in [4.78, 5) is 14.2. The molecular formula is C28H41NO4Si. The van der Waals surface area contributed by atoms with Gasteiger partial charge in [0, 0.05) is 32.0 Å². The molecule has 1 aliphatic heterocycles. The first kappa shape index (κ1) is 26.8. The van der Waals surface area contributed by atoms with Crippen molar-refractivity contribution in [2.45, 2.75) is 38.7 Å². The third-order valence-corrected chi connectivity index (χ3v) is 11.7.